The number of carbonyl (C=O) groups is 1. The summed E-state index contributed by atoms with van der Waals surface area (Å²) in [6.45, 7) is 0.826. The van der Waals surface area contributed by atoms with Crippen molar-refractivity contribution in [2.45, 2.75) is 13.0 Å². The summed E-state index contributed by atoms with van der Waals surface area (Å²) >= 11 is 0. The van der Waals surface area contributed by atoms with E-state index in [1.165, 1.54) is 0 Å². The summed E-state index contributed by atoms with van der Waals surface area (Å²) in [6, 6.07) is 11.6. The summed E-state index contributed by atoms with van der Waals surface area (Å²) in [5.74, 6) is 0.510. The van der Waals surface area contributed by atoms with Crippen LogP contribution in [0.2, 0.25) is 0 Å². The molecule has 0 amide bonds. The van der Waals surface area contributed by atoms with Crippen molar-refractivity contribution in [1.29, 1.82) is 0 Å². The number of aliphatic carboxylic acids is 1. The lowest BCUT2D eigenvalue weighted by atomic mass is 9.99. The Morgan fingerprint density at radius 2 is 1.87 bits per heavy atom. The molecular weight excluding hydrogens is 296 g/mol. The standard InChI is InChI=1S/C18H14O5/c19-18(20)13-5-6-21-16-4-3-11(7-15(16)8-13)12-1-2-14-10-22-23-17(14)9-12/h1-4,7-9H,5-6,10H2,(H,19,20). The van der Waals surface area contributed by atoms with E-state index < -0.39 is 5.97 Å². The van der Waals surface area contributed by atoms with Crippen molar-refractivity contribution in [3.63, 3.8) is 0 Å². The quantitative estimate of drug-likeness (QED) is 0.861. The van der Waals surface area contributed by atoms with Gasteiger partial charge in [-0.25, -0.2) is 4.79 Å². The molecule has 0 atom stereocenters. The minimum absolute atomic E-state index is 0.353. The SMILES string of the molecule is O=C(O)C1=Cc2cc(-c3ccc4c(c3)OOC4)ccc2OCC1. The van der Waals surface area contributed by atoms with Crippen LogP contribution in [0.4, 0.5) is 0 Å². The van der Waals surface area contributed by atoms with Crippen molar-refractivity contribution in [3.8, 4) is 22.6 Å². The number of rotatable bonds is 2. The van der Waals surface area contributed by atoms with Gasteiger partial charge < -0.3 is 14.7 Å². The minimum Gasteiger partial charge on any atom is -0.493 e. The van der Waals surface area contributed by atoms with Gasteiger partial charge in [-0.15, -0.1) is 0 Å². The highest BCUT2D eigenvalue weighted by atomic mass is 17.2. The number of benzene rings is 2. The Hall–Kier alpha value is -2.79. The molecular formula is C18H14O5. The zero-order valence-electron chi connectivity index (χ0n) is 12.2. The molecule has 2 aromatic rings. The van der Waals surface area contributed by atoms with Crippen LogP contribution in [0, 0.1) is 0 Å². The summed E-state index contributed by atoms with van der Waals surface area (Å²) < 4.78 is 5.63. The Morgan fingerprint density at radius 3 is 2.74 bits per heavy atom. The monoisotopic (exact) mass is 310 g/mol. The van der Waals surface area contributed by atoms with Crippen LogP contribution in [-0.4, -0.2) is 17.7 Å². The lowest BCUT2D eigenvalue weighted by molar-refractivity contribution is -0.194. The van der Waals surface area contributed by atoms with Gasteiger partial charge >= 0.3 is 5.97 Å². The van der Waals surface area contributed by atoms with Gasteiger partial charge in [0, 0.05) is 23.1 Å². The van der Waals surface area contributed by atoms with Gasteiger partial charge in [0.05, 0.1) is 6.61 Å². The predicted molar refractivity (Wildman–Crippen MR) is 83.0 cm³/mol. The highest BCUT2D eigenvalue weighted by Gasteiger charge is 2.17. The Labute approximate surface area is 132 Å². The van der Waals surface area contributed by atoms with Crippen LogP contribution in [0.1, 0.15) is 17.5 Å². The van der Waals surface area contributed by atoms with Crippen molar-refractivity contribution in [2.75, 3.05) is 6.61 Å². The Bertz CT molecular complexity index is 822. The summed E-state index contributed by atoms with van der Waals surface area (Å²) in [6.07, 6.45) is 2.07. The Kier molecular flexibility index (Phi) is 3.28. The van der Waals surface area contributed by atoms with Crippen LogP contribution >= 0.6 is 0 Å². The van der Waals surface area contributed by atoms with Gasteiger partial charge in [0.15, 0.2) is 5.75 Å². The Morgan fingerprint density at radius 1 is 1.04 bits per heavy atom. The molecule has 4 rings (SSSR count). The molecule has 5 heteroatoms. The van der Waals surface area contributed by atoms with E-state index in [-0.39, 0.29) is 0 Å². The Balaban J connectivity index is 1.77. The maximum atomic E-state index is 11.2. The molecule has 2 heterocycles. The van der Waals surface area contributed by atoms with Crippen LogP contribution in [-0.2, 0) is 16.3 Å². The van der Waals surface area contributed by atoms with E-state index in [0.717, 1.165) is 28.0 Å². The number of fused-ring (bicyclic) bond motifs is 2. The van der Waals surface area contributed by atoms with Gasteiger partial charge in [0.25, 0.3) is 0 Å². The van der Waals surface area contributed by atoms with E-state index in [9.17, 15) is 9.90 Å². The largest absolute Gasteiger partial charge is 0.493 e. The number of ether oxygens (including phenoxy) is 1. The molecule has 2 aliphatic rings. The van der Waals surface area contributed by atoms with Crippen LogP contribution in [0.5, 0.6) is 11.5 Å². The summed E-state index contributed by atoms with van der Waals surface area (Å²) in [7, 11) is 0. The van der Waals surface area contributed by atoms with Gasteiger partial charge in [-0.05, 0) is 35.4 Å². The molecule has 2 aliphatic heterocycles. The molecule has 5 nitrogen and oxygen atoms in total. The van der Waals surface area contributed by atoms with Crippen LogP contribution in [0.25, 0.3) is 17.2 Å². The third kappa shape index (κ3) is 2.55. The van der Waals surface area contributed by atoms with Crippen molar-refractivity contribution in [1.82, 2.24) is 0 Å². The minimum atomic E-state index is -0.907. The highest BCUT2D eigenvalue weighted by molar-refractivity contribution is 5.93. The first-order valence-corrected chi connectivity index (χ1v) is 7.34. The molecule has 0 aliphatic carbocycles. The molecule has 23 heavy (non-hydrogen) atoms. The highest BCUT2D eigenvalue weighted by Crippen LogP contribution is 2.34. The fourth-order valence-corrected chi connectivity index (χ4v) is 2.76. The zero-order chi connectivity index (χ0) is 15.8. The average Bonchev–Trinajstić information content (AvgIpc) is 2.91. The molecule has 0 saturated carbocycles. The maximum Gasteiger partial charge on any atom is 0.331 e. The molecule has 0 saturated heterocycles. The summed E-state index contributed by atoms with van der Waals surface area (Å²) in [5, 5.41) is 9.23. The molecule has 0 spiro atoms. The number of hydrogen-bond acceptors (Lipinski definition) is 4. The van der Waals surface area contributed by atoms with E-state index in [2.05, 4.69) is 0 Å². The normalized spacial score (nSPS) is 15.6. The smallest absolute Gasteiger partial charge is 0.331 e. The van der Waals surface area contributed by atoms with E-state index in [1.54, 1.807) is 6.08 Å². The average molecular weight is 310 g/mol. The molecule has 0 fully saturated rings. The second-order valence-electron chi connectivity index (χ2n) is 5.49. The molecule has 2 aromatic carbocycles. The van der Waals surface area contributed by atoms with E-state index in [1.807, 2.05) is 36.4 Å². The summed E-state index contributed by atoms with van der Waals surface area (Å²) in [5.41, 5.74) is 4.08. The van der Waals surface area contributed by atoms with Gasteiger partial charge in [-0.3, -0.25) is 0 Å². The van der Waals surface area contributed by atoms with E-state index in [0.29, 0.717) is 31.0 Å². The van der Waals surface area contributed by atoms with Gasteiger partial charge in [0.1, 0.15) is 12.4 Å². The molecule has 0 bridgehead atoms. The molecule has 0 unspecified atom stereocenters. The van der Waals surface area contributed by atoms with Crippen LogP contribution < -0.4 is 9.62 Å². The van der Waals surface area contributed by atoms with E-state index >= 15 is 0 Å². The first kappa shape index (κ1) is 13.8. The van der Waals surface area contributed by atoms with Crippen molar-refractivity contribution in [2.24, 2.45) is 0 Å². The van der Waals surface area contributed by atoms with E-state index in [4.69, 9.17) is 14.5 Å². The molecule has 116 valence electrons. The van der Waals surface area contributed by atoms with Crippen molar-refractivity contribution >= 4 is 12.0 Å². The third-order valence-electron chi connectivity index (χ3n) is 4.01. The topological polar surface area (TPSA) is 65.0 Å². The van der Waals surface area contributed by atoms with Crippen LogP contribution in [0.3, 0.4) is 0 Å². The predicted octanol–water partition coefficient (Wildman–Crippen LogP) is 3.43. The lowest BCUT2D eigenvalue weighted by Gasteiger charge is -2.09. The van der Waals surface area contributed by atoms with Gasteiger partial charge in [0.2, 0.25) is 0 Å². The maximum absolute atomic E-state index is 11.2. The van der Waals surface area contributed by atoms with Gasteiger partial charge in [-0.1, -0.05) is 18.2 Å². The number of hydrogen-bond donors (Lipinski definition) is 1. The second kappa shape index (κ2) is 5.44. The number of carboxylic acids is 1. The third-order valence-corrected chi connectivity index (χ3v) is 4.01. The fourth-order valence-electron chi connectivity index (χ4n) is 2.76. The first-order chi connectivity index (χ1) is 11.2. The summed E-state index contributed by atoms with van der Waals surface area (Å²) in [4.78, 5) is 21.3. The zero-order valence-corrected chi connectivity index (χ0v) is 12.2. The first-order valence-electron chi connectivity index (χ1n) is 7.34. The molecule has 1 N–H and O–H groups in total. The van der Waals surface area contributed by atoms with Gasteiger partial charge in [-0.2, -0.15) is 4.89 Å². The lowest BCUT2D eigenvalue weighted by Crippen LogP contribution is -2.03. The van der Waals surface area contributed by atoms with Crippen LogP contribution in [0.15, 0.2) is 42.0 Å². The fraction of sp³-hybridized carbons (Fsp3) is 0.167. The van der Waals surface area contributed by atoms with Crippen molar-refractivity contribution in [3.05, 3.63) is 53.1 Å². The molecule has 0 radical (unpaired) electrons. The second-order valence-corrected chi connectivity index (χ2v) is 5.49. The number of carboxylic acid groups (broad SMARTS) is 1. The van der Waals surface area contributed by atoms with Crippen molar-refractivity contribution < 1.29 is 24.4 Å². The molecule has 0 aromatic heterocycles.